The Bertz CT molecular complexity index is 597. The zero-order valence-electron chi connectivity index (χ0n) is 16.7. The molecule has 3 atom stereocenters. The van der Waals surface area contributed by atoms with Gasteiger partial charge < -0.3 is 10.2 Å². The van der Waals surface area contributed by atoms with E-state index in [4.69, 9.17) is 0 Å². The highest BCUT2D eigenvalue weighted by Crippen LogP contribution is 2.22. The van der Waals surface area contributed by atoms with Gasteiger partial charge >= 0.3 is 0 Å². The lowest BCUT2D eigenvalue weighted by atomic mass is 10.0. The van der Waals surface area contributed by atoms with Crippen LogP contribution in [0.4, 0.5) is 0 Å². The number of nitrogens with one attached hydrogen (secondary N) is 1. The summed E-state index contributed by atoms with van der Waals surface area (Å²) in [6, 6.07) is 8.30. The molecular weight excluding hydrogens is 322 g/mol. The minimum absolute atomic E-state index is 0.0483. The molecule has 0 spiro atoms. The van der Waals surface area contributed by atoms with Crippen molar-refractivity contribution in [3.63, 3.8) is 0 Å². The standard InChI is InChI=1S/C22H35N3O/c1-17-9-5-6-10-21(17)18(2)23-22(26)19(3)25-14-11-20(16-25)15-24-12-7-4-8-13-24/h5-6,9-10,18-20H,4,7-8,11-16H2,1-3H3,(H,23,26)/t18-,19-,20+/m0/s1. The molecule has 3 rings (SSSR count). The van der Waals surface area contributed by atoms with Gasteiger partial charge in [-0.05, 0) is 76.7 Å². The van der Waals surface area contributed by atoms with Gasteiger partial charge in [0.25, 0.3) is 0 Å². The van der Waals surface area contributed by atoms with Gasteiger partial charge in [-0.1, -0.05) is 30.7 Å². The lowest BCUT2D eigenvalue weighted by Gasteiger charge is -2.30. The van der Waals surface area contributed by atoms with Gasteiger partial charge in [-0.3, -0.25) is 9.69 Å². The first-order valence-corrected chi connectivity index (χ1v) is 10.4. The zero-order valence-corrected chi connectivity index (χ0v) is 16.7. The van der Waals surface area contributed by atoms with Crippen molar-refractivity contribution in [2.75, 3.05) is 32.7 Å². The van der Waals surface area contributed by atoms with Crippen LogP contribution in [0.1, 0.15) is 56.7 Å². The third kappa shape index (κ3) is 4.86. The number of carbonyl (C=O) groups excluding carboxylic acids is 1. The van der Waals surface area contributed by atoms with Gasteiger partial charge in [0.2, 0.25) is 5.91 Å². The molecule has 0 aromatic heterocycles. The van der Waals surface area contributed by atoms with Crippen molar-refractivity contribution in [1.82, 2.24) is 15.1 Å². The van der Waals surface area contributed by atoms with Crippen molar-refractivity contribution in [2.24, 2.45) is 5.92 Å². The molecule has 2 aliphatic rings. The first-order chi connectivity index (χ1) is 12.5. The fourth-order valence-electron chi connectivity index (χ4n) is 4.52. The fourth-order valence-corrected chi connectivity index (χ4v) is 4.52. The van der Waals surface area contributed by atoms with Gasteiger partial charge in [0.1, 0.15) is 0 Å². The molecule has 1 amide bonds. The number of carbonyl (C=O) groups is 1. The molecule has 2 heterocycles. The van der Waals surface area contributed by atoms with Gasteiger partial charge in [-0.15, -0.1) is 0 Å². The Kier molecular flexibility index (Phi) is 6.71. The van der Waals surface area contributed by atoms with E-state index in [0.29, 0.717) is 0 Å². The quantitative estimate of drug-likeness (QED) is 0.848. The summed E-state index contributed by atoms with van der Waals surface area (Å²) in [4.78, 5) is 17.8. The van der Waals surface area contributed by atoms with Gasteiger partial charge in [-0.25, -0.2) is 0 Å². The van der Waals surface area contributed by atoms with E-state index < -0.39 is 0 Å². The highest BCUT2D eigenvalue weighted by atomic mass is 16.2. The summed E-state index contributed by atoms with van der Waals surface area (Å²) in [5.41, 5.74) is 2.44. The first-order valence-electron chi connectivity index (χ1n) is 10.4. The predicted octanol–water partition coefficient (Wildman–Crippen LogP) is 3.37. The van der Waals surface area contributed by atoms with E-state index in [9.17, 15) is 4.79 Å². The molecule has 1 aromatic carbocycles. The van der Waals surface area contributed by atoms with Crippen molar-refractivity contribution in [2.45, 2.75) is 58.5 Å². The van der Waals surface area contributed by atoms with E-state index in [1.807, 2.05) is 12.1 Å². The largest absolute Gasteiger partial charge is 0.348 e. The van der Waals surface area contributed by atoms with Crippen LogP contribution in [0.25, 0.3) is 0 Å². The summed E-state index contributed by atoms with van der Waals surface area (Å²) in [5, 5.41) is 3.22. The first kappa shape index (κ1) is 19.4. The number of piperidine rings is 1. The lowest BCUT2D eigenvalue weighted by Crippen LogP contribution is -2.45. The Morgan fingerprint density at radius 2 is 1.88 bits per heavy atom. The predicted molar refractivity (Wildman–Crippen MR) is 107 cm³/mol. The smallest absolute Gasteiger partial charge is 0.237 e. The van der Waals surface area contributed by atoms with E-state index in [1.54, 1.807) is 0 Å². The van der Waals surface area contributed by atoms with Crippen molar-refractivity contribution in [3.8, 4) is 0 Å². The maximum Gasteiger partial charge on any atom is 0.237 e. The number of hydrogen-bond acceptors (Lipinski definition) is 3. The van der Waals surface area contributed by atoms with Crippen LogP contribution >= 0.6 is 0 Å². The molecule has 0 radical (unpaired) electrons. The minimum atomic E-state index is -0.0483. The van der Waals surface area contributed by atoms with Crippen LogP contribution in [-0.2, 0) is 4.79 Å². The van der Waals surface area contributed by atoms with Gasteiger partial charge in [0.05, 0.1) is 12.1 Å². The summed E-state index contributed by atoms with van der Waals surface area (Å²) >= 11 is 0. The molecular formula is C22H35N3O. The van der Waals surface area contributed by atoms with E-state index >= 15 is 0 Å². The van der Waals surface area contributed by atoms with E-state index in [0.717, 1.165) is 19.0 Å². The topological polar surface area (TPSA) is 35.6 Å². The summed E-state index contributed by atoms with van der Waals surface area (Å²) in [5.74, 6) is 0.872. The summed E-state index contributed by atoms with van der Waals surface area (Å²) in [7, 11) is 0. The number of hydrogen-bond donors (Lipinski definition) is 1. The van der Waals surface area contributed by atoms with E-state index in [-0.39, 0.29) is 18.0 Å². The van der Waals surface area contributed by atoms with Crippen LogP contribution in [0.2, 0.25) is 0 Å². The maximum atomic E-state index is 12.8. The van der Waals surface area contributed by atoms with Crippen molar-refractivity contribution in [3.05, 3.63) is 35.4 Å². The number of rotatable bonds is 6. The minimum Gasteiger partial charge on any atom is -0.348 e. The van der Waals surface area contributed by atoms with Crippen LogP contribution in [0, 0.1) is 12.8 Å². The molecule has 2 fully saturated rings. The van der Waals surface area contributed by atoms with E-state index in [1.165, 1.54) is 56.4 Å². The molecule has 0 saturated carbocycles. The lowest BCUT2D eigenvalue weighted by molar-refractivity contribution is -0.126. The molecule has 0 aliphatic carbocycles. The molecule has 1 aromatic rings. The highest BCUT2D eigenvalue weighted by Gasteiger charge is 2.31. The number of nitrogens with zero attached hydrogens (tertiary/aromatic N) is 2. The molecule has 2 saturated heterocycles. The van der Waals surface area contributed by atoms with Crippen molar-refractivity contribution in [1.29, 1.82) is 0 Å². The average molecular weight is 358 g/mol. The molecule has 2 aliphatic heterocycles. The average Bonchev–Trinajstić information content (AvgIpc) is 3.10. The van der Waals surface area contributed by atoms with Crippen LogP contribution in [0.3, 0.4) is 0 Å². The Balaban J connectivity index is 1.48. The molecule has 4 heteroatoms. The third-order valence-electron chi connectivity index (χ3n) is 6.22. The Hall–Kier alpha value is -1.39. The van der Waals surface area contributed by atoms with Gasteiger partial charge in [0.15, 0.2) is 0 Å². The number of amides is 1. The second-order valence-electron chi connectivity index (χ2n) is 8.27. The molecule has 26 heavy (non-hydrogen) atoms. The number of likely N-dealkylation sites (tertiary alicyclic amines) is 2. The summed E-state index contributed by atoms with van der Waals surface area (Å²) in [6.45, 7) is 12.1. The van der Waals surface area contributed by atoms with Gasteiger partial charge in [-0.2, -0.15) is 0 Å². The fraction of sp³-hybridized carbons (Fsp3) is 0.682. The molecule has 144 valence electrons. The SMILES string of the molecule is Cc1ccccc1[C@H](C)NC(=O)[C@H](C)N1CC[C@H](CN2CCCCC2)C1. The Labute approximate surface area is 158 Å². The van der Waals surface area contributed by atoms with Gasteiger partial charge in [0, 0.05) is 13.1 Å². The van der Waals surface area contributed by atoms with Crippen molar-refractivity contribution >= 4 is 5.91 Å². The van der Waals surface area contributed by atoms with Crippen LogP contribution in [0.5, 0.6) is 0 Å². The van der Waals surface area contributed by atoms with E-state index in [2.05, 4.69) is 48.0 Å². The number of aryl methyl sites for hydroxylation is 1. The van der Waals surface area contributed by atoms with Crippen LogP contribution < -0.4 is 5.32 Å². The molecule has 0 bridgehead atoms. The molecule has 4 nitrogen and oxygen atoms in total. The van der Waals surface area contributed by atoms with Crippen molar-refractivity contribution < 1.29 is 4.79 Å². The zero-order chi connectivity index (χ0) is 18.5. The third-order valence-corrected chi connectivity index (χ3v) is 6.22. The highest BCUT2D eigenvalue weighted by molar-refractivity contribution is 5.81. The summed E-state index contributed by atoms with van der Waals surface area (Å²) < 4.78 is 0. The Morgan fingerprint density at radius 3 is 2.62 bits per heavy atom. The monoisotopic (exact) mass is 357 g/mol. The summed E-state index contributed by atoms with van der Waals surface area (Å²) in [6.07, 6.45) is 5.32. The number of benzene rings is 1. The maximum absolute atomic E-state index is 12.8. The Morgan fingerprint density at radius 1 is 1.15 bits per heavy atom. The van der Waals surface area contributed by atoms with Crippen LogP contribution in [-0.4, -0.2) is 54.5 Å². The normalized spacial score (nSPS) is 24.3. The molecule has 1 N–H and O–H groups in total. The molecule has 0 unspecified atom stereocenters. The second kappa shape index (κ2) is 9.01. The van der Waals surface area contributed by atoms with Crippen LogP contribution in [0.15, 0.2) is 24.3 Å². The second-order valence-corrected chi connectivity index (χ2v) is 8.27.